The number of rotatable bonds is 5. The van der Waals surface area contributed by atoms with Crippen LogP contribution >= 0.6 is 11.8 Å². The van der Waals surface area contributed by atoms with Crippen molar-refractivity contribution in [2.24, 2.45) is 0 Å². The van der Waals surface area contributed by atoms with Crippen LogP contribution in [0.15, 0.2) is 53.4 Å². The quantitative estimate of drug-likeness (QED) is 0.907. The number of carbonyl (C=O) groups is 2. The molecule has 1 aliphatic rings. The molecule has 2 amide bonds. The Morgan fingerprint density at radius 2 is 2.08 bits per heavy atom. The first-order chi connectivity index (χ1) is 11.7. The number of para-hydroxylation sites is 1. The Hall–Kier alpha value is -2.47. The van der Waals surface area contributed by atoms with Crippen molar-refractivity contribution in [1.82, 2.24) is 0 Å². The van der Waals surface area contributed by atoms with Crippen LogP contribution in [0.5, 0.6) is 5.75 Å². The zero-order valence-corrected chi connectivity index (χ0v) is 14.1. The van der Waals surface area contributed by atoms with Crippen LogP contribution in [-0.4, -0.2) is 31.2 Å². The minimum atomic E-state index is -0.133. The molecule has 5 nitrogen and oxygen atoms in total. The molecular formula is C18H18N2O3S. The fourth-order valence-electron chi connectivity index (χ4n) is 2.54. The Labute approximate surface area is 145 Å². The summed E-state index contributed by atoms with van der Waals surface area (Å²) in [5.41, 5.74) is 1.56. The van der Waals surface area contributed by atoms with Crippen LogP contribution in [0, 0.1) is 0 Å². The van der Waals surface area contributed by atoms with E-state index in [-0.39, 0.29) is 18.2 Å². The highest BCUT2D eigenvalue weighted by molar-refractivity contribution is 8.00. The fraction of sp³-hybridized carbons (Fsp3) is 0.222. The molecule has 0 aliphatic carbocycles. The highest BCUT2D eigenvalue weighted by Gasteiger charge is 2.24. The van der Waals surface area contributed by atoms with Crippen LogP contribution in [-0.2, 0) is 9.59 Å². The SMILES string of the molecule is COc1cccc(NC(=O)CCN2C(=O)CSc3ccccc32)c1. The number of methoxy groups -OCH3 is 1. The summed E-state index contributed by atoms with van der Waals surface area (Å²) >= 11 is 1.54. The van der Waals surface area contributed by atoms with Gasteiger partial charge in [-0.3, -0.25) is 9.59 Å². The van der Waals surface area contributed by atoms with Crippen molar-refractivity contribution in [2.75, 3.05) is 29.6 Å². The Balaban J connectivity index is 1.63. The lowest BCUT2D eigenvalue weighted by Crippen LogP contribution is -2.37. The number of hydrogen-bond donors (Lipinski definition) is 1. The van der Waals surface area contributed by atoms with Crippen LogP contribution in [0.4, 0.5) is 11.4 Å². The van der Waals surface area contributed by atoms with Crippen molar-refractivity contribution < 1.29 is 14.3 Å². The van der Waals surface area contributed by atoms with Gasteiger partial charge in [-0.25, -0.2) is 0 Å². The van der Waals surface area contributed by atoms with Crippen molar-refractivity contribution in [3.05, 3.63) is 48.5 Å². The number of amides is 2. The topological polar surface area (TPSA) is 58.6 Å². The van der Waals surface area contributed by atoms with Gasteiger partial charge in [0.25, 0.3) is 0 Å². The summed E-state index contributed by atoms with van der Waals surface area (Å²) < 4.78 is 5.14. The number of fused-ring (bicyclic) bond motifs is 1. The maximum Gasteiger partial charge on any atom is 0.237 e. The molecule has 0 fully saturated rings. The van der Waals surface area contributed by atoms with Crippen LogP contribution < -0.4 is 15.0 Å². The molecule has 0 aromatic heterocycles. The monoisotopic (exact) mass is 342 g/mol. The van der Waals surface area contributed by atoms with Crippen molar-refractivity contribution in [2.45, 2.75) is 11.3 Å². The van der Waals surface area contributed by atoms with E-state index in [0.29, 0.717) is 23.7 Å². The second-order valence-corrected chi connectivity index (χ2v) is 6.35. The third-order valence-corrected chi connectivity index (χ3v) is 4.77. The summed E-state index contributed by atoms with van der Waals surface area (Å²) in [4.78, 5) is 27.1. The van der Waals surface area contributed by atoms with Crippen molar-refractivity contribution in [1.29, 1.82) is 0 Å². The van der Waals surface area contributed by atoms with E-state index in [2.05, 4.69) is 5.32 Å². The summed E-state index contributed by atoms with van der Waals surface area (Å²) in [7, 11) is 1.58. The molecular weight excluding hydrogens is 324 g/mol. The molecule has 1 aliphatic heterocycles. The Morgan fingerprint density at radius 3 is 2.92 bits per heavy atom. The first kappa shape index (κ1) is 16.4. The van der Waals surface area contributed by atoms with Gasteiger partial charge < -0.3 is 15.0 Å². The van der Waals surface area contributed by atoms with E-state index in [9.17, 15) is 9.59 Å². The number of nitrogens with one attached hydrogen (secondary N) is 1. The third-order valence-electron chi connectivity index (χ3n) is 3.72. The molecule has 124 valence electrons. The van der Waals surface area contributed by atoms with Gasteiger partial charge in [-0.2, -0.15) is 0 Å². The summed E-state index contributed by atoms with van der Waals surface area (Å²) in [6, 6.07) is 15.0. The van der Waals surface area contributed by atoms with Gasteiger partial charge in [0.15, 0.2) is 0 Å². The maximum absolute atomic E-state index is 12.2. The third kappa shape index (κ3) is 3.71. The van der Waals surface area contributed by atoms with E-state index in [1.807, 2.05) is 36.4 Å². The molecule has 2 aromatic rings. The molecule has 6 heteroatoms. The van der Waals surface area contributed by atoms with E-state index in [1.54, 1.807) is 24.1 Å². The van der Waals surface area contributed by atoms with Gasteiger partial charge in [-0.05, 0) is 24.3 Å². The van der Waals surface area contributed by atoms with Gasteiger partial charge >= 0.3 is 0 Å². The Morgan fingerprint density at radius 1 is 1.25 bits per heavy atom. The second kappa shape index (κ2) is 7.40. The molecule has 0 saturated heterocycles. The normalized spacial score (nSPS) is 13.4. The number of carbonyl (C=O) groups excluding carboxylic acids is 2. The van der Waals surface area contributed by atoms with E-state index < -0.39 is 0 Å². The lowest BCUT2D eigenvalue weighted by Gasteiger charge is -2.28. The van der Waals surface area contributed by atoms with E-state index in [4.69, 9.17) is 4.74 Å². The largest absolute Gasteiger partial charge is 0.497 e. The summed E-state index contributed by atoms with van der Waals surface area (Å²) in [6.07, 6.45) is 0.238. The second-order valence-electron chi connectivity index (χ2n) is 5.33. The summed E-state index contributed by atoms with van der Waals surface area (Å²) in [6.45, 7) is 0.367. The van der Waals surface area contributed by atoms with Crippen LogP contribution in [0.1, 0.15) is 6.42 Å². The zero-order valence-electron chi connectivity index (χ0n) is 13.3. The van der Waals surface area contributed by atoms with Crippen molar-refractivity contribution >= 4 is 35.0 Å². The van der Waals surface area contributed by atoms with Gasteiger partial charge in [-0.15, -0.1) is 11.8 Å². The minimum Gasteiger partial charge on any atom is -0.497 e. The summed E-state index contributed by atoms with van der Waals surface area (Å²) in [5, 5.41) is 2.83. The molecule has 2 aromatic carbocycles. The highest BCUT2D eigenvalue weighted by atomic mass is 32.2. The molecule has 0 unspecified atom stereocenters. The molecule has 1 heterocycles. The first-order valence-electron chi connectivity index (χ1n) is 7.63. The molecule has 24 heavy (non-hydrogen) atoms. The standard InChI is InChI=1S/C18H18N2O3S/c1-23-14-6-4-5-13(11-14)19-17(21)9-10-20-15-7-2-3-8-16(15)24-12-18(20)22/h2-8,11H,9-10,12H2,1H3,(H,19,21). The predicted molar refractivity (Wildman–Crippen MR) is 95.8 cm³/mol. The summed E-state index contributed by atoms with van der Waals surface area (Å²) in [5.74, 6) is 0.999. The lowest BCUT2D eigenvalue weighted by molar-refractivity contribution is -0.117. The van der Waals surface area contributed by atoms with Crippen LogP contribution in [0.3, 0.4) is 0 Å². The molecule has 3 rings (SSSR count). The first-order valence-corrected chi connectivity index (χ1v) is 8.62. The average molecular weight is 342 g/mol. The van der Waals surface area contributed by atoms with Gasteiger partial charge in [0.1, 0.15) is 5.75 Å². The Kier molecular flexibility index (Phi) is 5.05. The van der Waals surface area contributed by atoms with E-state index in [0.717, 1.165) is 10.6 Å². The van der Waals surface area contributed by atoms with E-state index in [1.165, 1.54) is 11.8 Å². The number of nitrogens with zero attached hydrogens (tertiary/aromatic N) is 1. The minimum absolute atomic E-state index is 0.0351. The predicted octanol–water partition coefficient (Wildman–Crippen LogP) is 3.16. The number of hydrogen-bond acceptors (Lipinski definition) is 4. The van der Waals surface area contributed by atoms with Gasteiger partial charge in [0.05, 0.1) is 18.6 Å². The molecule has 0 atom stereocenters. The number of benzene rings is 2. The van der Waals surface area contributed by atoms with Crippen molar-refractivity contribution in [3.63, 3.8) is 0 Å². The molecule has 0 bridgehead atoms. The lowest BCUT2D eigenvalue weighted by atomic mass is 10.2. The van der Waals surface area contributed by atoms with Gasteiger partial charge in [-0.1, -0.05) is 18.2 Å². The number of thioether (sulfide) groups is 1. The Bertz CT molecular complexity index is 763. The molecule has 1 N–H and O–H groups in total. The smallest absolute Gasteiger partial charge is 0.237 e. The van der Waals surface area contributed by atoms with E-state index >= 15 is 0 Å². The van der Waals surface area contributed by atoms with Crippen LogP contribution in [0.2, 0.25) is 0 Å². The molecule has 0 radical (unpaired) electrons. The van der Waals surface area contributed by atoms with Crippen LogP contribution in [0.25, 0.3) is 0 Å². The average Bonchev–Trinajstić information content (AvgIpc) is 2.61. The number of anilines is 2. The molecule has 0 spiro atoms. The maximum atomic E-state index is 12.2. The zero-order chi connectivity index (χ0) is 16.9. The molecule has 0 saturated carbocycles. The number of ether oxygens (including phenoxy) is 1. The highest BCUT2D eigenvalue weighted by Crippen LogP contribution is 2.34. The van der Waals surface area contributed by atoms with Crippen molar-refractivity contribution in [3.8, 4) is 5.75 Å². The van der Waals surface area contributed by atoms with Gasteiger partial charge in [0, 0.05) is 29.6 Å². The fourth-order valence-corrected chi connectivity index (χ4v) is 3.47. The van der Waals surface area contributed by atoms with Gasteiger partial charge in [0.2, 0.25) is 11.8 Å².